The predicted molar refractivity (Wildman–Crippen MR) is 122 cm³/mol. The molecule has 2 fully saturated rings. The third-order valence-corrected chi connectivity index (χ3v) is 6.49. The molecule has 4 rings (SSSR count). The molecule has 0 atom stereocenters. The molecule has 0 spiro atoms. The molecule has 1 saturated heterocycles. The smallest absolute Gasteiger partial charge is 0.260 e. The number of hydrogen-bond donors (Lipinski definition) is 0. The summed E-state index contributed by atoms with van der Waals surface area (Å²) >= 11 is 5.87. The number of ether oxygens (including phenoxy) is 1. The summed E-state index contributed by atoms with van der Waals surface area (Å²) in [6, 6.07) is 13.5. The molecule has 6 nitrogen and oxygen atoms in total. The van der Waals surface area contributed by atoms with Crippen molar-refractivity contribution in [2.75, 3.05) is 32.8 Å². The van der Waals surface area contributed by atoms with Gasteiger partial charge in [-0.05, 0) is 61.4 Å². The van der Waals surface area contributed by atoms with Crippen LogP contribution in [0.4, 0.5) is 0 Å². The van der Waals surface area contributed by atoms with Crippen molar-refractivity contribution in [3.8, 4) is 5.75 Å². The minimum absolute atomic E-state index is 0.0684. The van der Waals surface area contributed by atoms with Gasteiger partial charge in [0.05, 0.1) is 0 Å². The standard InChI is InChI=1S/C25H27ClN2O4/c26-21-9-5-18(6-10-21)24(30)19-7-11-22(12-8-19)32-17-23(29)27-13-15-28(16-14-27)25(31)20-3-1-2-4-20/h5-12,20H,1-4,13-17H2. The van der Waals surface area contributed by atoms with Crippen LogP contribution >= 0.6 is 11.6 Å². The summed E-state index contributed by atoms with van der Waals surface area (Å²) in [7, 11) is 0. The van der Waals surface area contributed by atoms with E-state index >= 15 is 0 Å². The highest BCUT2D eigenvalue weighted by atomic mass is 35.5. The van der Waals surface area contributed by atoms with Crippen LogP contribution in [0.5, 0.6) is 5.75 Å². The third-order valence-electron chi connectivity index (χ3n) is 6.23. The Kier molecular flexibility index (Phi) is 7.10. The molecule has 0 bridgehead atoms. The SMILES string of the molecule is O=C(c1ccc(Cl)cc1)c1ccc(OCC(=O)N2CCN(C(=O)C3CCCC3)CC2)cc1. The van der Waals surface area contributed by atoms with E-state index in [9.17, 15) is 14.4 Å². The number of amides is 2. The van der Waals surface area contributed by atoms with E-state index in [4.69, 9.17) is 16.3 Å². The first kappa shape index (κ1) is 22.3. The van der Waals surface area contributed by atoms with Crippen molar-refractivity contribution < 1.29 is 19.1 Å². The van der Waals surface area contributed by atoms with E-state index in [0.717, 1.165) is 25.7 Å². The molecule has 168 valence electrons. The predicted octanol–water partition coefficient (Wildman–Crippen LogP) is 3.81. The molecule has 2 amide bonds. The van der Waals surface area contributed by atoms with Crippen molar-refractivity contribution in [2.24, 2.45) is 5.92 Å². The summed E-state index contributed by atoms with van der Waals surface area (Å²) in [5.41, 5.74) is 1.10. The van der Waals surface area contributed by atoms with E-state index in [1.54, 1.807) is 53.4 Å². The second kappa shape index (κ2) is 10.2. The first-order valence-corrected chi connectivity index (χ1v) is 11.5. The number of benzene rings is 2. The van der Waals surface area contributed by atoms with Gasteiger partial charge in [-0.3, -0.25) is 14.4 Å². The summed E-state index contributed by atoms with van der Waals surface area (Å²) in [4.78, 5) is 41.2. The summed E-state index contributed by atoms with van der Waals surface area (Å²) < 4.78 is 5.63. The molecule has 0 aromatic heterocycles. The highest BCUT2D eigenvalue weighted by molar-refractivity contribution is 6.30. The Bertz CT molecular complexity index is 960. The number of carbonyl (C=O) groups is 3. The fourth-order valence-corrected chi connectivity index (χ4v) is 4.44. The Hall–Kier alpha value is -2.86. The van der Waals surface area contributed by atoms with Crippen LogP contribution in [0.3, 0.4) is 0 Å². The number of nitrogens with zero attached hydrogens (tertiary/aromatic N) is 2. The molecular weight excluding hydrogens is 428 g/mol. The van der Waals surface area contributed by atoms with Gasteiger partial charge in [-0.15, -0.1) is 0 Å². The van der Waals surface area contributed by atoms with Gasteiger partial charge in [0.15, 0.2) is 12.4 Å². The molecule has 1 aliphatic heterocycles. The molecule has 1 aliphatic carbocycles. The van der Waals surface area contributed by atoms with E-state index in [1.807, 2.05) is 4.90 Å². The molecule has 7 heteroatoms. The maximum Gasteiger partial charge on any atom is 0.260 e. The van der Waals surface area contributed by atoms with Crippen molar-refractivity contribution in [2.45, 2.75) is 25.7 Å². The summed E-state index contributed by atoms with van der Waals surface area (Å²) in [5, 5.41) is 0.580. The van der Waals surface area contributed by atoms with Gasteiger partial charge in [-0.25, -0.2) is 0 Å². The minimum atomic E-state index is -0.102. The monoisotopic (exact) mass is 454 g/mol. The van der Waals surface area contributed by atoms with Crippen molar-refractivity contribution in [3.05, 3.63) is 64.7 Å². The van der Waals surface area contributed by atoms with Gasteiger partial charge in [-0.2, -0.15) is 0 Å². The number of rotatable bonds is 6. The summed E-state index contributed by atoms with van der Waals surface area (Å²) in [6.45, 7) is 2.18. The Labute approximate surface area is 193 Å². The Morgan fingerprint density at radius 3 is 1.94 bits per heavy atom. The van der Waals surface area contributed by atoms with E-state index in [1.165, 1.54) is 0 Å². The topological polar surface area (TPSA) is 66.9 Å². The number of hydrogen-bond acceptors (Lipinski definition) is 4. The lowest BCUT2D eigenvalue weighted by Gasteiger charge is -2.36. The second-order valence-corrected chi connectivity index (χ2v) is 8.77. The zero-order chi connectivity index (χ0) is 22.5. The first-order chi connectivity index (χ1) is 15.5. The normalized spacial score (nSPS) is 16.8. The van der Waals surface area contributed by atoms with Crippen LogP contribution < -0.4 is 4.74 Å². The molecule has 32 heavy (non-hydrogen) atoms. The fourth-order valence-electron chi connectivity index (χ4n) is 4.31. The van der Waals surface area contributed by atoms with Crippen LogP contribution in [-0.2, 0) is 9.59 Å². The molecule has 2 aliphatic rings. The van der Waals surface area contributed by atoms with Crippen LogP contribution in [0, 0.1) is 5.92 Å². The Balaban J connectivity index is 1.24. The van der Waals surface area contributed by atoms with Crippen molar-refractivity contribution in [1.82, 2.24) is 9.80 Å². The van der Waals surface area contributed by atoms with E-state index in [-0.39, 0.29) is 30.1 Å². The molecule has 0 unspecified atom stereocenters. The maximum absolute atomic E-state index is 12.5. The molecule has 1 saturated carbocycles. The molecule has 0 N–H and O–H groups in total. The van der Waals surface area contributed by atoms with Gasteiger partial charge in [0.25, 0.3) is 5.91 Å². The lowest BCUT2D eigenvalue weighted by molar-refractivity contribution is -0.142. The van der Waals surface area contributed by atoms with Gasteiger partial charge < -0.3 is 14.5 Å². The zero-order valence-corrected chi connectivity index (χ0v) is 18.7. The highest BCUT2D eigenvalue weighted by Crippen LogP contribution is 2.27. The Morgan fingerprint density at radius 2 is 1.34 bits per heavy atom. The van der Waals surface area contributed by atoms with Gasteiger partial charge >= 0.3 is 0 Å². The lowest BCUT2D eigenvalue weighted by atomic mass is 10.0. The second-order valence-electron chi connectivity index (χ2n) is 8.34. The molecule has 1 heterocycles. The number of carbonyl (C=O) groups excluding carboxylic acids is 3. The van der Waals surface area contributed by atoms with Crippen LogP contribution in [0.25, 0.3) is 0 Å². The quantitative estimate of drug-likeness (QED) is 0.622. The number of halogens is 1. The molecule has 0 radical (unpaired) electrons. The first-order valence-electron chi connectivity index (χ1n) is 11.1. The van der Waals surface area contributed by atoms with Gasteiger partial charge in [0.1, 0.15) is 5.75 Å². The lowest BCUT2D eigenvalue weighted by Crippen LogP contribution is -2.52. The summed E-state index contributed by atoms with van der Waals surface area (Å²) in [6.07, 6.45) is 4.27. The van der Waals surface area contributed by atoms with E-state index in [2.05, 4.69) is 0 Å². The van der Waals surface area contributed by atoms with Gasteiger partial charge in [-0.1, -0.05) is 24.4 Å². The van der Waals surface area contributed by atoms with Crippen molar-refractivity contribution in [3.63, 3.8) is 0 Å². The van der Waals surface area contributed by atoms with E-state index in [0.29, 0.717) is 48.1 Å². The maximum atomic E-state index is 12.5. The average Bonchev–Trinajstić information content (AvgIpc) is 3.38. The largest absolute Gasteiger partial charge is 0.484 e. The number of ketones is 1. The highest BCUT2D eigenvalue weighted by Gasteiger charge is 2.30. The Morgan fingerprint density at radius 1 is 0.812 bits per heavy atom. The average molecular weight is 455 g/mol. The van der Waals surface area contributed by atoms with Crippen LogP contribution in [0.1, 0.15) is 41.6 Å². The van der Waals surface area contributed by atoms with Crippen molar-refractivity contribution >= 4 is 29.2 Å². The van der Waals surface area contributed by atoms with Gasteiger partial charge in [0.2, 0.25) is 5.91 Å². The summed E-state index contributed by atoms with van der Waals surface area (Å²) in [5.74, 6) is 0.754. The molecule has 2 aromatic carbocycles. The molecule has 2 aromatic rings. The van der Waals surface area contributed by atoms with E-state index < -0.39 is 0 Å². The third kappa shape index (κ3) is 5.30. The minimum Gasteiger partial charge on any atom is -0.484 e. The number of piperazine rings is 1. The zero-order valence-electron chi connectivity index (χ0n) is 18.0. The van der Waals surface area contributed by atoms with Crippen LogP contribution in [0.2, 0.25) is 5.02 Å². The molecular formula is C25H27ClN2O4. The van der Waals surface area contributed by atoms with Crippen molar-refractivity contribution in [1.29, 1.82) is 0 Å². The fraction of sp³-hybridized carbons (Fsp3) is 0.400. The van der Waals surface area contributed by atoms with Gasteiger partial charge in [0, 0.05) is 48.2 Å². The van der Waals surface area contributed by atoms with Crippen LogP contribution in [-0.4, -0.2) is 60.2 Å². The van der Waals surface area contributed by atoms with Crippen LogP contribution in [0.15, 0.2) is 48.5 Å².